The lowest BCUT2D eigenvalue weighted by molar-refractivity contribution is 0.584. The van der Waals surface area contributed by atoms with E-state index in [-0.39, 0.29) is 4.90 Å². The number of aryl methyl sites for hydroxylation is 2. The summed E-state index contributed by atoms with van der Waals surface area (Å²) in [5, 5.41) is 0. The lowest BCUT2D eigenvalue weighted by Gasteiger charge is -2.06. The summed E-state index contributed by atoms with van der Waals surface area (Å²) in [5.74, 6) is 0. The van der Waals surface area contributed by atoms with Crippen molar-refractivity contribution in [1.29, 1.82) is 0 Å². The van der Waals surface area contributed by atoms with Crippen molar-refractivity contribution >= 4 is 10.0 Å². The van der Waals surface area contributed by atoms with Crippen LogP contribution in [0.3, 0.4) is 0 Å². The number of imidazole rings is 1. The molecule has 18 heavy (non-hydrogen) atoms. The van der Waals surface area contributed by atoms with Gasteiger partial charge < -0.3 is 4.98 Å². The van der Waals surface area contributed by atoms with Crippen molar-refractivity contribution in [2.45, 2.75) is 25.7 Å². The number of aromatic amines is 1. The molecule has 2 aromatic rings. The van der Waals surface area contributed by atoms with E-state index in [4.69, 9.17) is 0 Å². The number of hydrogen-bond donors (Lipinski definition) is 1. The van der Waals surface area contributed by atoms with Crippen LogP contribution in [0.4, 0.5) is 0 Å². The first kappa shape index (κ1) is 12.6. The Balaban J connectivity index is 2.69. The zero-order chi connectivity index (χ0) is 13.5. The third-order valence-corrected chi connectivity index (χ3v) is 4.67. The lowest BCUT2D eigenvalue weighted by atomic mass is 10.2. The highest BCUT2D eigenvalue weighted by molar-refractivity contribution is 7.90. The molecule has 0 saturated heterocycles. The van der Waals surface area contributed by atoms with Crippen molar-refractivity contribution in [3.05, 3.63) is 51.7 Å². The minimum atomic E-state index is -3.82. The molecule has 96 valence electrons. The van der Waals surface area contributed by atoms with Crippen molar-refractivity contribution in [3.63, 3.8) is 0 Å². The molecule has 0 aliphatic rings. The monoisotopic (exact) mass is 266 g/mol. The van der Waals surface area contributed by atoms with Crippen LogP contribution < -0.4 is 5.69 Å². The average molecular weight is 266 g/mol. The Hall–Kier alpha value is -1.82. The summed E-state index contributed by atoms with van der Waals surface area (Å²) in [6.45, 7) is 5.13. The van der Waals surface area contributed by atoms with Crippen LogP contribution >= 0.6 is 0 Å². The van der Waals surface area contributed by atoms with E-state index in [1.807, 2.05) is 6.92 Å². The smallest absolute Gasteiger partial charge is 0.309 e. The predicted molar refractivity (Wildman–Crippen MR) is 68.3 cm³/mol. The first-order valence-electron chi connectivity index (χ1n) is 5.44. The summed E-state index contributed by atoms with van der Waals surface area (Å²) in [6, 6.07) is 6.40. The Morgan fingerprint density at radius 1 is 1.06 bits per heavy atom. The molecule has 0 aliphatic carbocycles. The maximum absolute atomic E-state index is 12.3. The fourth-order valence-electron chi connectivity index (χ4n) is 1.71. The topological polar surface area (TPSA) is 71.9 Å². The Labute approximate surface area is 105 Å². The SMILES string of the molecule is Cc1ccc(S(=O)(=O)n2c(C)c(C)[nH]c2=O)cc1. The second-order valence-corrected chi connectivity index (χ2v) is 6.01. The highest BCUT2D eigenvalue weighted by Crippen LogP contribution is 2.15. The molecule has 1 N–H and O–H groups in total. The first-order chi connectivity index (χ1) is 8.34. The highest BCUT2D eigenvalue weighted by atomic mass is 32.2. The fourth-order valence-corrected chi connectivity index (χ4v) is 3.16. The first-order valence-corrected chi connectivity index (χ1v) is 6.88. The molecule has 6 heteroatoms. The van der Waals surface area contributed by atoms with Gasteiger partial charge in [-0.1, -0.05) is 17.7 Å². The van der Waals surface area contributed by atoms with E-state index in [9.17, 15) is 13.2 Å². The second kappa shape index (κ2) is 4.13. The summed E-state index contributed by atoms with van der Waals surface area (Å²) < 4.78 is 25.5. The van der Waals surface area contributed by atoms with E-state index in [0.29, 0.717) is 11.4 Å². The molecule has 0 amide bonds. The number of benzene rings is 1. The number of rotatable bonds is 2. The predicted octanol–water partition coefficient (Wildman–Crippen LogP) is 1.34. The summed E-state index contributed by atoms with van der Waals surface area (Å²) in [6.07, 6.45) is 0. The van der Waals surface area contributed by atoms with Crippen LogP contribution in [0.5, 0.6) is 0 Å². The number of H-pyrrole nitrogens is 1. The Morgan fingerprint density at radius 3 is 2.06 bits per heavy atom. The molecule has 1 aromatic carbocycles. The number of aromatic nitrogens is 2. The molecule has 0 fully saturated rings. The minimum absolute atomic E-state index is 0.109. The Bertz CT molecular complexity index is 737. The van der Waals surface area contributed by atoms with Crippen molar-refractivity contribution < 1.29 is 8.42 Å². The maximum Gasteiger partial charge on any atom is 0.340 e. The fraction of sp³-hybridized carbons (Fsp3) is 0.250. The van der Waals surface area contributed by atoms with Crippen molar-refractivity contribution in [3.8, 4) is 0 Å². The van der Waals surface area contributed by atoms with Gasteiger partial charge >= 0.3 is 5.69 Å². The molecular formula is C12H14N2O3S. The van der Waals surface area contributed by atoms with E-state index in [1.165, 1.54) is 12.1 Å². The minimum Gasteiger partial charge on any atom is -0.309 e. The van der Waals surface area contributed by atoms with E-state index >= 15 is 0 Å². The molecule has 0 unspecified atom stereocenters. The van der Waals surface area contributed by atoms with Gasteiger partial charge in [-0.25, -0.2) is 13.2 Å². The molecule has 0 saturated carbocycles. The molecule has 5 nitrogen and oxygen atoms in total. The van der Waals surface area contributed by atoms with Crippen LogP contribution in [0.15, 0.2) is 34.0 Å². The largest absolute Gasteiger partial charge is 0.340 e. The highest BCUT2D eigenvalue weighted by Gasteiger charge is 2.22. The van der Waals surface area contributed by atoms with Gasteiger partial charge in [0.2, 0.25) is 0 Å². The molecular weight excluding hydrogens is 252 g/mol. The van der Waals surface area contributed by atoms with Gasteiger partial charge in [0.1, 0.15) is 0 Å². The standard InChI is InChI=1S/C12H14N2O3S/c1-8-4-6-11(7-5-8)18(16,17)14-10(3)9(2)13-12(14)15/h4-7H,1-3H3,(H,13,15). The third-order valence-electron chi connectivity index (χ3n) is 2.89. The maximum atomic E-state index is 12.3. The van der Waals surface area contributed by atoms with Crippen LogP contribution in [-0.2, 0) is 10.0 Å². The molecule has 1 aromatic heterocycles. The van der Waals surface area contributed by atoms with Gasteiger partial charge in [-0.15, -0.1) is 0 Å². The van der Waals surface area contributed by atoms with Gasteiger partial charge in [0.15, 0.2) is 0 Å². The van der Waals surface area contributed by atoms with E-state index in [2.05, 4.69) is 4.98 Å². The van der Waals surface area contributed by atoms with Crippen LogP contribution in [0, 0.1) is 20.8 Å². The molecule has 0 bridgehead atoms. The average Bonchev–Trinajstić information content (AvgIpc) is 2.54. The molecule has 0 spiro atoms. The van der Waals surface area contributed by atoms with Gasteiger partial charge in [0, 0.05) is 5.69 Å². The summed E-state index contributed by atoms with van der Waals surface area (Å²) in [5.41, 5.74) is 1.28. The number of nitrogens with one attached hydrogen (secondary N) is 1. The van der Waals surface area contributed by atoms with Crippen molar-refractivity contribution in [1.82, 2.24) is 8.96 Å². The third kappa shape index (κ3) is 1.88. The van der Waals surface area contributed by atoms with E-state index in [1.54, 1.807) is 26.0 Å². The van der Waals surface area contributed by atoms with Gasteiger partial charge in [-0.05, 0) is 32.9 Å². The number of hydrogen-bond acceptors (Lipinski definition) is 3. The van der Waals surface area contributed by atoms with Crippen LogP contribution in [0.1, 0.15) is 17.0 Å². The van der Waals surface area contributed by atoms with Gasteiger partial charge in [-0.3, -0.25) is 0 Å². The lowest BCUT2D eigenvalue weighted by Crippen LogP contribution is -2.26. The van der Waals surface area contributed by atoms with Gasteiger partial charge in [0.05, 0.1) is 10.6 Å². The molecule has 0 atom stereocenters. The van der Waals surface area contributed by atoms with E-state index in [0.717, 1.165) is 9.54 Å². The summed E-state index contributed by atoms with van der Waals surface area (Å²) >= 11 is 0. The van der Waals surface area contributed by atoms with Crippen LogP contribution in [-0.4, -0.2) is 17.4 Å². The normalized spacial score (nSPS) is 11.7. The van der Waals surface area contributed by atoms with Gasteiger partial charge in [0.25, 0.3) is 10.0 Å². The zero-order valence-electron chi connectivity index (χ0n) is 10.4. The van der Waals surface area contributed by atoms with E-state index < -0.39 is 15.7 Å². The number of nitrogens with zero attached hydrogens (tertiary/aromatic N) is 1. The molecule has 0 aliphatic heterocycles. The Kier molecular flexibility index (Phi) is 2.90. The van der Waals surface area contributed by atoms with Crippen LogP contribution in [0.25, 0.3) is 0 Å². The van der Waals surface area contributed by atoms with Gasteiger partial charge in [-0.2, -0.15) is 3.97 Å². The zero-order valence-corrected chi connectivity index (χ0v) is 11.2. The van der Waals surface area contributed by atoms with Crippen molar-refractivity contribution in [2.75, 3.05) is 0 Å². The molecule has 0 radical (unpaired) electrons. The second-order valence-electron chi connectivity index (χ2n) is 4.22. The quantitative estimate of drug-likeness (QED) is 0.891. The summed E-state index contributed by atoms with van der Waals surface area (Å²) in [7, 11) is -3.82. The van der Waals surface area contributed by atoms with Crippen molar-refractivity contribution in [2.24, 2.45) is 0 Å². The van der Waals surface area contributed by atoms with Crippen LogP contribution in [0.2, 0.25) is 0 Å². The Morgan fingerprint density at radius 2 is 1.61 bits per heavy atom. The molecule has 2 rings (SSSR count). The molecule has 1 heterocycles. The summed E-state index contributed by atoms with van der Waals surface area (Å²) in [4.78, 5) is 14.3.